The second-order valence-electron chi connectivity index (χ2n) is 26.7. The first-order valence-electron chi connectivity index (χ1n) is 36.1. The van der Waals surface area contributed by atoms with E-state index >= 15 is 0 Å². The van der Waals surface area contributed by atoms with Crippen LogP contribution in [0, 0.1) is 0 Å². The molecule has 0 spiro atoms. The lowest BCUT2D eigenvalue weighted by Gasteiger charge is -2.09. The minimum atomic E-state index is -0.424. The van der Waals surface area contributed by atoms with Crippen LogP contribution >= 0.6 is 0 Å². The summed E-state index contributed by atoms with van der Waals surface area (Å²) in [6.45, 7) is 0.412. The monoisotopic (exact) mass is 1380 g/mol. The lowest BCUT2D eigenvalue weighted by molar-refractivity contribution is 0.0478. The zero-order valence-corrected chi connectivity index (χ0v) is 58.1. The molecule has 12 heteroatoms. The topological polar surface area (TPSA) is 167 Å². The Morgan fingerprint density at radius 3 is 0.579 bits per heavy atom. The van der Waals surface area contributed by atoms with Gasteiger partial charge in [-0.3, -0.25) is 0 Å². The van der Waals surface area contributed by atoms with Crippen LogP contribution in [0.3, 0.4) is 0 Å². The molecular formula is C95H68N8O4. The van der Waals surface area contributed by atoms with Crippen LogP contribution in [-0.4, -0.2) is 65.0 Å². The molecule has 0 saturated carbocycles. The van der Waals surface area contributed by atoms with Crippen molar-refractivity contribution in [2.75, 3.05) is 13.2 Å². The minimum Gasteiger partial charge on any atom is -0.462 e. The highest BCUT2D eigenvalue weighted by Gasteiger charge is 2.23. The summed E-state index contributed by atoms with van der Waals surface area (Å²) >= 11 is 0. The third kappa shape index (κ3) is 12.9. The number of aromatic nitrogens is 8. The number of hydrogen-bond acceptors (Lipinski definition) is 8. The number of carbonyl (C=O) groups is 2. The number of nitrogens with zero attached hydrogens (tertiary/aromatic N) is 4. The van der Waals surface area contributed by atoms with E-state index in [4.69, 9.17) is 29.4 Å². The third-order valence-corrected chi connectivity index (χ3v) is 20.0. The number of nitrogens with one attached hydrogen (secondary N) is 4. The molecule has 0 aliphatic carbocycles. The van der Waals surface area contributed by atoms with E-state index in [-0.39, 0.29) is 13.2 Å². The number of hydrogen-bond donors (Lipinski definition) is 4. The largest absolute Gasteiger partial charge is 0.462 e. The average Bonchev–Trinajstić information content (AvgIpc) is 1.61. The first kappa shape index (κ1) is 65.0. The molecule has 18 rings (SSSR count). The van der Waals surface area contributed by atoms with Gasteiger partial charge in [-0.2, -0.15) is 0 Å². The molecule has 0 amide bonds. The van der Waals surface area contributed by atoms with E-state index in [0.29, 0.717) is 30.4 Å². The SMILES string of the molecule is O=C(OCCCCCOC(=O)c1ccc(-c2c3nc(c(-c4ccccc4)c4ccc([nH]4)c(-c4ccccc4)c4nc(c(-c5ccccc5)c5ccc2[nH]5)C=C4)C=C3)cc1)c1ccc(-c2c3nc(c(-c4ccccc4)c4ccc([nH]4)c(-c4ccccc4)c4nc(c(-c5ccccc5)c5ccc2[nH]5)C=C4)C=C3)cc1. The van der Waals surface area contributed by atoms with E-state index in [1.807, 2.05) is 133 Å². The lowest BCUT2D eigenvalue weighted by atomic mass is 10.0. The number of carbonyl (C=O) groups excluding carboxylic acids is 2. The van der Waals surface area contributed by atoms with Gasteiger partial charge in [-0.1, -0.05) is 206 Å². The molecule has 0 fully saturated rings. The summed E-state index contributed by atoms with van der Waals surface area (Å²) in [5, 5.41) is 0. The Bertz CT molecular complexity index is 5810. The highest BCUT2D eigenvalue weighted by molar-refractivity contribution is 6.04. The quantitative estimate of drug-likeness (QED) is 0.0548. The summed E-state index contributed by atoms with van der Waals surface area (Å²) in [5.74, 6) is -0.849. The van der Waals surface area contributed by atoms with E-state index in [1.54, 1.807) is 0 Å². The molecular weight excluding hydrogens is 1320 g/mol. The molecule has 16 bridgehead atoms. The Hall–Kier alpha value is -14.1. The van der Waals surface area contributed by atoms with Crippen molar-refractivity contribution in [2.24, 2.45) is 0 Å². The van der Waals surface area contributed by atoms with Gasteiger partial charge in [-0.15, -0.1) is 0 Å². The normalized spacial score (nSPS) is 12.0. The molecule has 12 nitrogen and oxygen atoms in total. The van der Waals surface area contributed by atoms with Gasteiger partial charge in [0, 0.05) is 88.6 Å². The zero-order chi connectivity index (χ0) is 71.6. The Kier molecular flexibility index (Phi) is 17.4. The number of unbranched alkanes of at least 4 members (excludes halogenated alkanes) is 2. The molecule has 4 aliphatic heterocycles. The van der Waals surface area contributed by atoms with Crippen molar-refractivity contribution in [3.05, 3.63) is 336 Å². The molecule has 512 valence electrons. The van der Waals surface area contributed by atoms with E-state index in [9.17, 15) is 9.59 Å². The number of aromatic amines is 4. The Morgan fingerprint density at radius 1 is 0.215 bits per heavy atom. The highest BCUT2D eigenvalue weighted by atomic mass is 16.5. The number of H-pyrrole nitrogens is 4. The van der Waals surface area contributed by atoms with Crippen molar-refractivity contribution in [3.63, 3.8) is 0 Å². The zero-order valence-electron chi connectivity index (χ0n) is 58.1. The van der Waals surface area contributed by atoms with E-state index in [1.165, 1.54) is 0 Å². The number of benzene rings is 8. The van der Waals surface area contributed by atoms with Crippen LogP contribution in [0.15, 0.2) is 279 Å². The van der Waals surface area contributed by atoms with Crippen LogP contribution in [0.5, 0.6) is 0 Å². The average molecular weight is 1390 g/mol. The van der Waals surface area contributed by atoms with E-state index in [0.717, 1.165) is 179 Å². The van der Waals surface area contributed by atoms with Crippen LogP contribution in [0.1, 0.15) is 85.5 Å². The van der Waals surface area contributed by atoms with Gasteiger partial charge in [0.05, 0.1) is 69.9 Å². The van der Waals surface area contributed by atoms with E-state index < -0.39 is 11.9 Å². The van der Waals surface area contributed by atoms with Gasteiger partial charge in [0.1, 0.15) is 0 Å². The van der Waals surface area contributed by atoms with Gasteiger partial charge in [0.2, 0.25) is 0 Å². The van der Waals surface area contributed by atoms with Crippen molar-refractivity contribution in [2.45, 2.75) is 19.3 Å². The fourth-order valence-corrected chi connectivity index (χ4v) is 14.9. The van der Waals surface area contributed by atoms with Crippen molar-refractivity contribution >= 4 is 105 Å². The summed E-state index contributed by atoms with van der Waals surface area (Å²) in [5.41, 5.74) is 29.9. The van der Waals surface area contributed by atoms with E-state index in [2.05, 4.69) is 214 Å². The second kappa shape index (κ2) is 28.6. The van der Waals surface area contributed by atoms with Crippen molar-refractivity contribution < 1.29 is 19.1 Å². The predicted octanol–water partition coefficient (Wildman–Crippen LogP) is 23.1. The molecule has 10 heterocycles. The molecule has 0 radical (unpaired) electrons. The summed E-state index contributed by atoms with van der Waals surface area (Å²) < 4.78 is 11.7. The molecule has 6 aromatic heterocycles. The summed E-state index contributed by atoms with van der Waals surface area (Å²) in [6.07, 6.45) is 18.6. The number of fused-ring (bicyclic) bond motifs is 16. The fourth-order valence-electron chi connectivity index (χ4n) is 14.9. The molecule has 8 aromatic carbocycles. The van der Waals surface area contributed by atoms with Gasteiger partial charge >= 0.3 is 11.9 Å². The van der Waals surface area contributed by atoms with Crippen molar-refractivity contribution in [3.8, 4) is 89.0 Å². The smallest absolute Gasteiger partial charge is 0.338 e. The number of esters is 2. The number of rotatable bonds is 16. The van der Waals surface area contributed by atoms with Crippen molar-refractivity contribution in [1.82, 2.24) is 39.9 Å². The molecule has 0 saturated heterocycles. The van der Waals surface area contributed by atoms with Crippen LogP contribution in [0.2, 0.25) is 0 Å². The van der Waals surface area contributed by atoms with Crippen LogP contribution < -0.4 is 0 Å². The first-order chi connectivity index (χ1) is 52.9. The molecule has 4 aliphatic rings. The van der Waals surface area contributed by atoms with Gasteiger partial charge in [0.25, 0.3) is 0 Å². The molecule has 4 N–H and O–H groups in total. The lowest BCUT2D eigenvalue weighted by Crippen LogP contribution is -2.08. The van der Waals surface area contributed by atoms with Gasteiger partial charge in [-0.05, 0) is 185 Å². The Balaban J connectivity index is 0.593. The molecule has 0 unspecified atom stereocenters. The molecule has 14 aromatic rings. The van der Waals surface area contributed by atoms with Crippen LogP contribution in [0.25, 0.3) is 182 Å². The Labute approximate surface area is 617 Å². The standard InChI is InChI=1S/C95H68N8O4/c104-94(68-38-34-66(35-39-68)92-82-54-50-78(100-82)88(62-26-12-3-13-27-62)74-46-42-70(96-74)86(60-22-8-1-9-23-60)71-43-47-75(97-71)89(63-28-14-4-15-29-63)79-51-55-83(92)101-79)106-58-20-7-21-59-107-95(105)69-40-36-67(37-41-69)93-84-56-52-80(102-84)90(64-30-16-5-17-31-64)76-48-44-72(98-76)87(61-24-10-2-11-25-61)73-45-49-77(99-73)91(65-32-18-6-19-33-65)81-53-57-85(93)103-81/h1-6,8-19,22-57,96,98,101,103H,7,20-21,58-59H2. The summed E-state index contributed by atoms with van der Waals surface area (Å²) in [7, 11) is 0. The molecule has 107 heavy (non-hydrogen) atoms. The highest BCUT2D eigenvalue weighted by Crippen LogP contribution is 2.42. The van der Waals surface area contributed by atoms with Crippen LogP contribution in [0.4, 0.5) is 0 Å². The third-order valence-electron chi connectivity index (χ3n) is 20.0. The Morgan fingerprint density at radius 2 is 0.393 bits per heavy atom. The summed E-state index contributed by atoms with van der Waals surface area (Å²) in [4.78, 5) is 64.6. The maximum absolute atomic E-state index is 13.8. The fraction of sp³-hybridized carbons (Fsp3) is 0.0526. The van der Waals surface area contributed by atoms with Crippen molar-refractivity contribution in [1.29, 1.82) is 0 Å². The predicted molar refractivity (Wildman–Crippen MR) is 436 cm³/mol. The minimum absolute atomic E-state index is 0.206. The van der Waals surface area contributed by atoms with Gasteiger partial charge in [-0.25, -0.2) is 29.5 Å². The second-order valence-corrected chi connectivity index (χ2v) is 26.7. The summed E-state index contributed by atoms with van der Waals surface area (Å²) in [6, 6.07) is 94.2. The van der Waals surface area contributed by atoms with Crippen LogP contribution in [-0.2, 0) is 9.47 Å². The van der Waals surface area contributed by atoms with Gasteiger partial charge in [0.15, 0.2) is 0 Å². The number of ether oxygens (including phenoxy) is 2. The first-order valence-corrected chi connectivity index (χ1v) is 36.1. The van der Waals surface area contributed by atoms with Gasteiger partial charge < -0.3 is 29.4 Å². The molecule has 0 atom stereocenters. The maximum atomic E-state index is 13.8. The maximum Gasteiger partial charge on any atom is 0.338 e.